The van der Waals surface area contributed by atoms with Crippen molar-refractivity contribution in [3.8, 4) is 11.1 Å². The van der Waals surface area contributed by atoms with Crippen molar-refractivity contribution >= 4 is 23.2 Å². The van der Waals surface area contributed by atoms with E-state index >= 15 is 0 Å². The standard InChI is InChI=1S/C27H27N5O3/c1-27(2)24(33)23(31-35-27)19-7-9-20(10-8-19)26(34)32(21-5-3-13-29-17-21)25-22(6-4-14-30-25)18-11-15-28-16-12-18/h4,6-12,14-16,21,29H,3,5,13,17H2,1-2H3. The van der Waals surface area contributed by atoms with Gasteiger partial charge < -0.3 is 10.2 Å². The number of pyridine rings is 2. The summed E-state index contributed by atoms with van der Waals surface area (Å²) in [6.07, 6.45) is 7.03. The highest BCUT2D eigenvalue weighted by Crippen LogP contribution is 2.32. The summed E-state index contributed by atoms with van der Waals surface area (Å²) < 4.78 is 0. The van der Waals surface area contributed by atoms with Crippen LogP contribution < -0.4 is 10.2 Å². The smallest absolute Gasteiger partial charge is 0.259 e. The highest BCUT2D eigenvalue weighted by molar-refractivity contribution is 6.49. The van der Waals surface area contributed by atoms with Gasteiger partial charge in [0.25, 0.3) is 5.91 Å². The molecule has 1 aromatic carbocycles. The first-order chi connectivity index (χ1) is 17.0. The normalized spacial score (nSPS) is 19.1. The number of amides is 1. The van der Waals surface area contributed by atoms with E-state index in [0.29, 0.717) is 23.5 Å². The molecule has 0 spiro atoms. The zero-order chi connectivity index (χ0) is 24.4. The fourth-order valence-electron chi connectivity index (χ4n) is 4.46. The lowest BCUT2D eigenvalue weighted by Crippen LogP contribution is -2.49. The fraction of sp³-hybridized carbons (Fsp3) is 0.296. The van der Waals surface area contributed by atoms with Crippen LogP contribution in [0.5, 0.6) is 0 Å². The molecule has 8 nitrogen and oxygen atoms in total. The van der Waals surface area contributed by atoms with Gasteiger partial charge >= 0.3 is 0 Å². The molecular formula is C27H27N5O3. The molecule has 8 heteroatoms. The van der Waals surface area contributed by atoms with Crippen molar-refractivity contribution in [2.75, 3.05) is 18.0 Å². The van der Waals surface area contributed by atoms with Crippen molar-refractivity contribution in [2.45, 2.75) is 38.3 Å². The number of hydrogen-bond donors (Lipinski definition) is 1. The minimum atomic E-state index is -0.975. The molecular weight excluding hydrogens is 442 g/mol. The molecule has 5 rings (SSSR count). The predicted octanol–water partition coefficient (Wildman–Crippen LogP) is 3.62. The Morgan fingerprint density at radius 2 is 1.83 bits per heavy atom. The van der Waals surface area contributed by atoms with Crippen LogP contribution in [0.15, 0.2) is 72.3 Å². The Kier molecular flexibility index (Phi) is 6.13. The molecule has 4 heterocycles. The van der Waals surface area contributed by atoms with Crippen LogP contribution in [0.3, 0.4) is 0 Å². The van der Waals surface area contributed by atoms with Crippen LogP contribution in [0.1, 0.15) is 42.6 Å². The summed E-state index contributed by atoms with van der Waals surface area (Å²) in [5, 5.41) is 7.37. The van der Waals surface area contributed by atoms with Gasteiger partial charge in [-0.1, -0.05) is 17.3 Å². The zero-order valence-electron chi connectivity index (χ0n) is 19.8. The average Bonchev–Trinajstić information content (AvgIpc) is 3.18. The third kappa shape index (κ3) is 4.44. The number of nitrogens with one attached hydrogen (secondary N) is 1. The van der Waals surface area contributed by atoms with E-state index in [1.54, 1.807) is 61.6 Å². The second kappa shape index (κ2) is 9.38. The van der Waals surface area contributed by atoms with Crippen molar-refractivity contribution in [1.82, 2.24) is 15.3 Å². The molecule has 1 N–H and O–H groups in total. The van der Waals surface area contributed by atoms with Gasteiger partial charge in [0.05, 0.1) is 6.04 Å². The molecule has 1 fully saturated rings. The fourth-order valence-corrected chi connectivity index (χ4v) is 4.46. The van der Waals surface area contributed by atoms with Crippen molar-refractivity contribution < 1.29 is 14.4 Å². The molecule has 3 aromatic rings. The third-order valence-corrected chi connectivity index (χ3v) is 6.39. The summed E-state index contributed by atoms with van der Waals surface area (Å²) in [6.45, 7) is 5.00. The molecule has 1 atom stereocenters. The quantitative estimate of drug-likeness (QED) is 0.613. The maximum absolute atomic E-state index is 14.0. The number of ketones is 1. The van der Waals surface area contributed by atoms with Crippen molar-refractivity contribution in [2.24, 2.45) is 5.16 Å². The topological polar surface area (TPSA) is 96.8 Å². The van der Waals surface area contributed by atoms with E-state index in [0.717, 1.165) is 30.5 Å². The Morgan fingerprint density at radius 1 is 1.06 bits per heavy atom. The molecule has 178 valence electrons. The molecule has 0 saturated carbocycles. The van der Waals surface area contributed by atoms with Gasteiger partial charge in [-0.05, 0) is 75.2 Å². The summed E-state index contributed by atoms with van der Waals surface area (Å²) in [5.74, 6) is 0.296. The lowest BCUT2D eigenvalue weighted by molar-refractivity contribution is -0.128. The molecule has 1 saturated heterocycles. The minimum Gasteiger partial charge on any atom is -0.381 e. The number of Topliss-reactive ketones (excluding diaryl/α,β-unsaturated/α-hetero) is 1. The minimum absolute atomic E-state index is 0.0404. The van der Waals surface area contributed by atoms with Crippen LogP contribution in [0.25, 0.3) is 11.1 Å². The number of nitrogens with zero attached hydrogens (tertiary/aromatic N) is 4. The molecule has 2 aromatic heterocycles. The van der Waals surface area contributed by atoms with Crippen molar-refractivity contribution in [3.63, 3.8) is 0 Å². The number of aromatic nitrogens is 2. The van der Waals surface area contributed by atoms with Crippen LogP contribution in [0, 0.1) is 0 Å². The first-order valence-corrected chi connectivity index (χ1v) is 11.8. The van der Waals surface area contributed by atoms with Gasteiger partial charge in [0.15, 0.2) is 11.3 Å². The number of oxime groups is 1. The van der Waals surface area contributed by atoms with E-state index in [-0.39, 0.29) is 23.4 Å². The predicted molar refractivity (Wildman–Crippen MR) is 133 cm³/mol. The molecule has 2 aliphatic rings. The maximum Gasteiger partial charge on any atom is 0.259 e. The zero-order valence-corrected chi connectivity index (χ0v) is 19.8. The van der Waals surface area contributed by atoms with E-state index in [1.165, 1.54) is 0 Å². The largest absolute Gasteiger partial charge is 0.381 e. The molecule has 0 radical (unpaired) electrons. The van der Waals surface area contributed by atoms with Gasteiger partial charge in [-0.2, -0.15) is 0 Å². The third-order valence-electron chi connectivity index (χ3n) is 6.39. The van der Waals surface area contributed by atoms with Crippen LogP contribution in [0.4, 0.5) is 5.82 Å². The highest BCUT2D eigenvalue weighted by Gasteiger charge is 2.40. The summed E-state index contributed by atoms with van der Waals surface area (Å²) in [7, 11) is 0. The first kappa shape index (κ1) is 22.9. The number of hydrogen-bond acceptors (Lipinski definition) is 7. The second-order valence-corrected chi connectivity index (χ2v) is 9.23. The molecule has 0 aliphatic carbocycles. The maximum atomic E-state index is 14.0. The Hall–Kier alpha value is -3.91. The molecule has 0 bridgehead atoms. The van der Waals surface area contributed by atoms with E-state index in [4.69, 9.17) is 4.84 Å². The number of benzene rings is 1. The Morgan fingerprint density at radius 3 is 2.49 bits per heavy atom. The summed E-state index contributed by atoms with van der Waals surface area (Å²) >= 11 is 0. The molecule has 1 amide bonds. The van der Waals surface area contributed by atoms with Crippen LogP contribution >= 0.6 is 0 Å². The van der Waals surface area contributed by atoms with Crippen LogP contribution in [-0.2, 0) is 9.63 Å². The first-order valence-electron chi connectivity index (χ1n) is 11.8. The van der Waals surface area contributed by atoms with Gasteiger partial charge in [-0.15, -0.1) is 0 Å². The van der Waals surface area contributed by atoms with Crippen LogP contribution in [0.2, 0.25) is 0 Å². The van der Waals surface area contributed by atoms with Gasteiger partial charge in [0, 0.05) is 41.8 Å². The van der Waals surface area contributed by atoms with Crippen LogP contribution in [-0.4, -0.2) is 52.1 Å². The number of anilines is 1. The number of carbonyl (C=O) groups is 2. The van der Waals surface area contributed by atoms with Gasteiger partial charge in [-0.25, -0.2) is 4.98 Å². The van der Waals surface area contributed by atoms with E-state index in [1.807, 2.05) is 24.3 Å². The number of carbonyl (C=O) groups excluding carboxylic acids is 2. The lowest BCUT2D eigenvalue weighted by atomic mass is 9.95. The Bertz CT molecular complexity index is 1270. The van der Waals surface area contributed by atoms with Gasteiger partial charge in [0.2, 0.25) is 5.78 Å². The molecule has 2 aliphatic heterocycles. The van der Waals surface area contributed by atoms with Crippen molar-refractivity contribution in [3.05, 3.63) is 78.2 Å². The number of rotatable bonds is 5. The van der Waals surface area contributed by atoms with Gasteiger partial charge in [0.1, 0.15) is 5.82 Å². The molecule has 35 heavy (non-hydrogen) atoms. The Labute approximate surface area is 204 Å². The van der Waals surface area contributed by atoms with Crippen molar-refractivity contribution in [1.29, 1.82) is 0 Å². The number of piperidine rings is 1. The van der Waals surface area contributed by atoms with Gasteiger partial charge in [-0.3, -0.25) is 19.5 Å². The summed E-state index contributed by atoms with van der Waals surface area (Å²) in [6, 6.07) is 14.6. The Balaban J connectivity index is 1.51. The lowest BCUT2D eigenvalue weighted by Gasteiger charge is -2.35. The second-order valence-electron chi connectivity index (χ2n) is 9.23. The monoisotopic (exact) mass is 469 g/mol. The molecule has 1 unspecified atom stereocenters. The van der Waals surface area contributed by atoms with E-state index in [9.17, 15) is 9.59 Å². The van der Waals surface area contributed by atoms with E-state index in [2.05, 4.69) is 20.4 Å². The average molecular weight is 470 g/mol. The van der Waals surface area contributed by atoms with E-state index < -0.39 is 5.60 Å². The summed E-state index contributed by atoms with van der Waals surface area (Å²) in [4.78, 5) is 42.4. The SMILES string of the molecule is CC1(C)ON=C(c2ccc(C(=O)N(c3ncccc3-c3ccncc3)C3CCCNC3)cc2)C1=O. The highest BCUT2D eigenvalue weighted by atomic mass is 16.7. The summed E-state index contributed by atoms with van der Waals surface area (Å²) in [5.41, 5.74) is 2.25.